The molecule has 0 spiro atoms. The van der Waals surface area contributed by atoms with Gasteiger partial charge < -0.3 is 24.0 Å². The third-order valence-corrected chi connectivity index (χ3v) is 13.3. The monoisotopic (exact) mass is 863 g/mol. The van der Waals surface area contributed by atoms with E-state index in [1.807, 2.05) is 0 Å². The van der Waals surface area contributed by atoms with Gasteiger partial charge in [-0.05, 0) is 139 Å². The summed E-state index contributed by atoms with van der Waals surface area (Å²) < 4.78 is 17.5. The lowest BCUT2D eigenvalue weighted by Crippen LogP contribution is -2.33. The van der Waals surface area contributed by atoms with Crippen LogP contribution in [-0.4, -0.2) is 86.8 Å². The zero-order valence-electron chi connectivity index (χ0n) is 41.9. The summed E-state index contributed by atoms with van der Waals surface area (Å²) in [4.78, 5) is 42.7. The lowest BCUT2D eigenvalue weighted by molar-refractivity contribution is -0.150. The molecule has 1 heterocycles. The summed E-state index contributed by atoms with van der Waals surface area (Å²) in [5, 5.41) is 0. The minimum absolute atomic E-state index is 0.00951. The van der Waals surface area contributed by atoms with Gasteiger partial charge in [0.05, 0.1) is 19.6 Å². The highest BCUT2D eigenvalue weighted by Crippen LogP contribution is 2.23. The Labute approximate surface area is 378 Å². The minimum Gasteiger partial charge on any atom is -0.465 e. The number of unbranched alkanes of at least 4 members (excludes halogenated alkanes) is 12. The molecule has 61 heavy (non-hydrogen) atoms. The Kier molecular flexibility index (Phi) is 35.4. The summed E-state index contributed by atoms with van der Waals surface area (Å²) in [6, 6.07) is 0. The van der Waals surface area contributed by atoms with E-state index in [1.54, 1.807) is 0 Å². The standard InChI is InChI=1S/C53H102N2O6/c1-44(2)32-34-48(46(5)6)42-59-51(56)30-23-18-14-10-12-16-21-28-50(61-53(58)36-41-54(9)37-27-40-55-38-25-20-26-39-55)29-22-17-13-11-15-19-24-31-52(57)60-43-49(47(7)8)35-33-45(3)4/h44-50H,10-43H2,1-9H3. The first-order valence-corrected chi connectivity index (χ1v) is 26.2. The summed E-state index contributed by atoms with van der Waals surface area (Å²) in [6.45, 7) is 24.5. The van der Waals surface area contributed by atoms with Gasteiger partial charge in [0, 0.05) is 19.4 Å². The van der Waals surface area contributed by atoms with Gasteiger partial charge in [0.25, 0.3) is 0 Å². The van der Waals surface area contributed by atoms with Gasteiger partial charge >= 0.3 is 17.9 Å². The van der Waals surface area contributed by atoms with Crippen LogP contribution in [0.25, 0.3) is 0 Å². The molecule has 0 aromatic rings. The molecule has 8 nitrogen and oxygen atoms in total. The molecule has 0 N–H and O–H groups in total. The molecule has 0 aromatic carbocycles. The molecule has 1 aliphatic rings. The van der Waals surface area contributed by atoms with Crippen LogP contribution in [0.2, 0.25) is 0 Å². The molecule has 0 saturated carbocycles. The predicted molar refractivity (Wildman–Crippen MR) is 257 cm³/mol. The van der Waals surface area contributed by atoms with E-state index >= 15 is 0 Å². The fourth-order valence-corrected chi connectivity index (χ4v) is 8.56. The average molecular weight is 863 g/mol. The third kappa shape index (κ3) is 34.4. The molecule has 360 valence electrons. The Hall–Kier alpha value is -1.67. The quantitative estimate of drug-likeness (QED) is 0.0342. The smallest absolute Gasteiger partial charge is 0.307 e. The maximum absolute atomic E-state index is 13.0. The molecule has 0 radical (unpaired) electrons. The van der Waals surface area contributed by atoms with Crippen molar-refractivity contribution < 1.29 is 28.6 Å². The second-order valence-electron chi connectivity index (χ2n) is 20.8. The molecule has 1 saturated heterocycles. The van der Waals surface area contributed by atoms with Crippen molar-refractivity contribution in [2.24, 2.45) is 35.5 Å². The van der Waals surface area contributed by atoms with E-state index in [2.05, 4.69) is 72.2 Å². The molecule has 0 aromatic heterocycles. The van der Waals surface area contributed by atoms with E-state index < -0.39 is 0 Å². The zero-order valence-corrected chi connectivity index (χ0v) is 41.9. The second kappa shape index (κ2) is 37.7. The number of likely N-dealkylation sites (tertiary alicyclic amines) is 1. The molecule has 0 amide bonds. The minimum atomic E-state index is -0.0458. The normalized spacial score (nSPS) is 15.2. The van der Waals surface area contributed by atoms with E-state index in [0.717, 1.165) is 116 Å². The topological polar surface area (TPSA) is 85.4 Å². The number of esters is 3. The number of carbonyl (C=O) groups excluding carboxylic acids is 3. The lowest BCUT2D eigenvalue weighted by Gasteiger charge is -2.27. The van der Waals surface area contributed by atoms with Gasteiger partial charge in [-0.25, -0.2) is 0 Å². The van der Waals surface area contributed by atoms with Gasteiger partial charge in [0.15, 0.2) is 0 Å². The van der Waals surface area contributed by atoms with E-state index in [0.29, 0.717) is 68.0 Å². The van der Waals surface area contributed by atoms with Crippen molar-refractivity contribution in [2.75, 3.05) is 53.0 Å². The van der Waals surface area contributed by atoms with Crippen LogP contribution in [-0.2, 0) is 28.6 Å². The Bertz CT molecular complexity index is 999. The van der Waals surface area contributed by atoms with Crippen LogP contribution in [0.15, 0.2) is 0 Å². The Morgan fingerprint density at radius 1 is 0.475 bits per heavy atom. The van der Waals surface area contributed by atoms with Crippen LogP contribution in [0.3, 0.4) is 0 Å². The third-order valence-electron chi connectivity index (χ3n) is 13.3. The second-order valence-corrected chi connectivity index (χ2v) is 20.8. The molecule has 1 rings (SSSR count). The predicted octanol–water partition coefficient (Wildman–Crippen LogP) is 13.6. The fourth-order valence-electron chi connectivity index (χ4n) is 8.56. The van der Waals surface area contributed by atoms with Crippen LogP contribution in [0.4, 0.5) is 0 Å². The van der Waals surface area contributed by atoms with Gasteiger partial charge in [0.1, 0.15) is 6.10 Å². The highest BCUT2D eigenvalue weighted by molar-refractivity contribution is 5.70. The van der Waals surface area contributed by atoms with Crippen LogP contribution < -0.4 is 0 Å². The lowest BCUT2D eigenvalue weighted by atomic mass is 9.89. The number of hydrogen-bond donors (Lipinski definition) is 0. The number of piperidine rings is 1. The summed E-state index contributed by atoms with van der Waals surface area (Å²) in [7, 11) is 2.13. The summed E-state index contributed by atoms with van der Waals surface area (Å²) in [5.74, 6) is 3.24. The van der Waals surface area contributed by atoms with E-state index in [4.69, 9.17) is 14.2 Å². The van der Waals surface area contributed by atoms with Crippen molar-refractivity contribution in [3.05, 3.63) is 0 Å². The first-order valence-electron chi connectivity index (χ1n) is 26.2. The average Bonchev–Trinajstić information content (AvgIpc) is 3.21. The van der Waals surface area contributed by atoms with Gasteiger partial charge in [-0.1, -0.05) is 139 Å². The first-order chi connectivity index (χ1) is 29.3. The van der Waals surface area contributed by atoms with Crippen LogP contribution in [0.5, 0.6) is 0 Å². The van der Waals surface area contributed by atoms with Gasteiger partial charge in [0.2, 0.25) is 0 Å². The molecule has 0 bridgehead atoms. The first kappa shape index (κ1) is 57.3. The number of carbonyl (C=O) groups is 3. The molecule has 2 atom stereocenters. The van der Waals surface area contributed by atoms with Gasteiger partial charge in [-0.2, -0.15) is 0 Å². The fraction of sp³-hybridized carbons (Fsp3) is 0.943. The van der Waals surface area contributed by atoms with Gasteiger partial charge in [-0.15, -0.1) is 0 Å². The summed E-state index contributed by atoms with van der Waals surface area (Å²) >= 11 is 0. The van der Waals surface area contributed by atoms with Crippen LogP contribution in [0.1, 0.15) is 229 Å². The van der Waals surface area contributed by atoms with Crippen molar-refractivity contribution in [1.29, 1.82) is 0 Å². The van der Waals surface area contributed by atoms with E-state index in [-0.39, 0.29) is 24.0 Å². The molecular weight excluding hydrogens is 761 g/mol. The molecular formula is C53H102N2O6. The van der Waals surface area contributed by atoms with Crippen LogP contribution >= 0.6 is 0 Å². The molecule has 1 fully saturated rings. The summed E-state index contributed by atoms with van der Waals surface area (Å²) in [5.41, 5.74) is 0. The van der Waals surface area contributed by atoms with Crippen molar-refractivity contribution in [2.45, 2.75) is 235 Å². The molecule has 2 unspecified atom stereocenters. The molecule has 0 aliphatic carbocycles. The van der Waals surface area contributed by atoms with Crippen LogP contribution in [0, 0.1) is 35.5 Å². The number of ether oxygens (including phenoxy) is 3. The van der Waals surface area contributed by atoms with Gasteiger partial charge in [-0.3, -0.25) is 14.4 Å². The Balaban J connectivity index is 2.34. The SMILES string of the molecule is CC(C)CCC(COC(=O)CCCCCCCCCC(CCCCCCCCCC(=O)OCC(CCC(C)C)C(C)C)OC(=O)CCN(C)CCCN1CCCCC1)C(C)C. The number of rotatable bonds is 40. The number of nitrogens with zero attached hydrogens (tertiary/aromatic N) is 2. The van der Waals surface area contributed by atoms with Crippen molar-refractivity contribution in [1.82, 2.24) is 9.80 Å². The largest absolute Gasteiger partial charge is 0.465 e. The Morgan fingerprint density at radius 2 is 0.902 bits per heavy atom. The van der Waals surface area contributed by atoms with Crippen molar-refractivity contribution >= 4 is 17.9 Å². The van der Waals surface area contributed by atoms with Crippen molar-refractivity contribution in [3.8, 4) is 0 Å². The van der Waals surface area contributed by atoms with Crippen molar-refractivity contribution in [3.63, 3.8) is 0 Å². The maximum Gasteiger partial charge on any atom is 0.307 e. The highest BCUT2D eigenvalue weighted by Gasteiger charge is 2.19. The zero-order chi connectivity index (χ0) is 45.1. The Morgan fingerprint density at radius 3 is 1.33 bits per heavy atom. The van der Waals surface area contributed by atoms with E-state index in [1.165, 1.54) is 70.9 Å². The highest BCUT2D eigenvalue weighted by atomic mass is 16.5. The molecule has 8 heteroatoms. The van der Waals surface area contributed by atoms with E-state index in [9.17, 15) is 14.4 Å². The maximum atomic E-state index is 13.0. The molecule has 1 aliphatic heterocycles. The number of hydrogen-bond acceptors (Lipinski definition) is 8. The summed E-state index contributed by atoms with van der Waals surface area (Å²) in [6.07, 6.45) is 28.8.